The lowest BCUT2D eigenvalue weighted by Gasteiger charge is -2.24. The van der Waals surface area contributed by atoms with Crippen molar-refractivity contribution in [2.75, 3.05) is 19.5 Å². The lowest BCUT2D eigenvalue weighted by molar-refractivity contribution is -0.288. The largest absolute Gasteiger partial charge is 0.232 e. The van der Waals surface area contributed by atoms with E-state index in [0.717, 1.165) is 6.42 Å². The molecule has 1 heterocycles. The molecule has 0 aromatic heterocycles. The van der Waals surface area contributed by atoms with Crippen LogP contribution in [0.2, 0.25) is 0 Å². The van der Waals surface area contributed by atoms with Gasteiger partial charge < -0.3 is 0 Å². The van der Waals surface area contributed by atoms with Gasteiger partial charge in [-0.25, -0.2) is 9.78 Å². The Morgan fingerprint density at radius 1 is 1.42 bits per heavy atom. The van der Waals surface area contributed by atoms with Crippen molar-refractivity contribution in [3.63, 3.8) is 0 Å². The molecule has 66 valence electrons. The molecule has 1 atom stereocenters. The predicted molar refractivity (Wildman–Crippen MR) is 50.0 cm³/mol. The molecule has 0 aromatic carbocycles. The minimum Gasteiger partial charge on any atom is -0.232 e. The molecule has 0 N–H and O–H groups in total. The molecule has 3 heteroatoms. The fourth-order valence-corrected chi connectivity index (χ4v) is 2.07. The first-order valence-corrected chi connectivity index (χ1v) is 5.35. The molecule has 0 aromatic rings. The monoisotopic (exact) mass is 184 g/mol. The third-order valence-corrected chi connectivity index (χ3v) is 3.18. The van der Waals surface area contributed by atoms with Crippen LogP contribution in [0, 0.1) is 0 Å². The van der Waals surface area contributed by atoms with Gasteiger partial charge in [0, 0.05) is 5.25 Å². The third-order valence-electron chi connectivity index (χ3n) is 2.25. The van der Waals surface area contributed by atoms with Crippen molar-refractivity contribution in [3.8, 4) is 0 Å². The average molecular weight is 184 g/mol. The van der Waals surface area contributed by atoms with E-state index < -0.39 is 0 Å². The highest BCUT2D eigenvalue weighted by Gasteiger charge is 2.19. The number of hydrogen-bond acceptors (Lipinski definition) is 3. The zero-order valence-electron chi connectivity index (χ0n) is 7.08. The first-order valence-electron chi connectivity index (χ1n) is 4.06. The predicted octanol–water partition coefficient (Wildman–Crippen LogP) is 1.94. The van der Waals surface area contributed by atoms with Crippen LogP contribution >= 0.6 is 11.8 Å². The summed E-state index contributed by atoms with van der Waals surface area (Å²) in [5.41, 5.74) is 2.72. The normalized spacial score (nSPS) is 28.9. The Hall–Kier alpha value is -0.250. The highest BCUT2D eigenvalue weighted by molar-refractivity contribution is 7.99. The van der Waals surface area contributed by atoms with Gasteiger partial charge in [0.15, 0.2) is 0 Å². The summed E-state index contributed by atoms with van der Waals surface area (Å²) in [4.78, 5) is 9.82. The quantitative estimate of drug-likeness (QED) is 0.580. The van der Waals surface area contributed by atoms with Gasteiger partial charge in [0.1, 0.15) is 13.2 Å². The summed E-state index contributed by atoms with van der Waals surface area (Å²) in [6.45, 7) is 1.27. The van der Waals surface area contributed by atoms with Crippen molar-refractivity contribution in [3.05, 3.63) is 23.3 Å². The van der Waals surface area contributed by atoms with Crippen LogP contribution in [0.3, 0.4) is 0 Å². The van der Waals surface area contributed by atoms with E-state index in [2.05, 4.69) is 18.4 Å². The van der Waals surface area contributed by atoms with Gasteiger partial charge in [-0.1, -0.05) is 12.2 Å². The minimum absolute atomic E-state index is 0.618. The maximum absolute atomic E-state index is 4.93. The minimum atomic E-state index is 0.618. The van der Waals surface area contributed by atoms with Crippen molar-refractivity contribution < 1.29 is 9.78 Å². The van der Waals surface area contributed by atoms with E-state index in [9.17, 15) is 0 Å². The van der Waals surface area contributed by atoms with Crippen LogP contribution in [0.15, 0.2) is 23.3 Å². The zero-order chi connectivity index (χ0) is 8.39. The molecule has 0 fully saturated rings. The first-order chi connectivity index (χ1) is 5.90. The number of thioether (sulfide) groups is 1. The van der Waals surface area contributed by atoms with E-state index in [4.69, 9.17) is 9.78 Å². The van der Waals surface area contributed by atoms with Crippen LogP contribution in [0.4, 0.5) is 0 Å². The van der Waals surface area contributed by atoms with E-state index in [0.29, 0.717) is 18.5 Å². The Balaban J connectivity index is 2.12. The molecule has 0 bridgehead atoms. The summed E-state index contributed by atoms with van der Waals surface area (Å²) >= 11 is 1.88. The molecule has 2 rings (SSSR count). The van der Waals surface area contributed by atoms with Crippen molar-refractivity contribution >= 4 is 11.8 Å². The van der Waals surface area contributed by atoms with Gasteiger partial charge in [-0.15, -0.1) is 0 Å². The molecular formula is C9H12O2S. The summed E-state index contributed by atoms with van der Waals surface area (Å²) in [6, 6.07) is 0. The van der Waals surface area contributed by atoms with Crippen molar-refractivity contribution in [2.24, 2.45) is 0 Å². The summed E-state index contributed by atoms with van der Waals surface area (Å²) < 4.78 is 0. The molecule has 0 radical (unpaired) electrons. The topological polar surface area (TPSA) is 18.5 Å². The molecule has 1 unspecified atom stereocenters. The Morgan fingerprint density at radius 2 is 2.25 bits per heavy atom. The highest BCUT2D eigenvalue weighted by atomic mass is 32.2. The maximum Gasteiger partial charge on any atom is 0.107 e. The molecule has 0 saturated carbocycles. The van der Waals surface area contributed by atoms with Gasteiger partial charge >= 0.3 is 0 Å². The van der Waals surface area contributed by atoms with E-state index in [-0.39, 0.29) is 0 Å². The van der Waals surface area contributed by atoms with E-state index in [1.54, 1.807) is 0 Å². The third kappa shape index (κ3) is 1.58. The smallest absolute Gasteiger partial charge is 0.107 e. The van der Waals surface area contributed by atoms with Crippen LogP contribution in [0.25, 0.3) is 0 Å². The Morgan fingerprint density at radius 3 is 3.08 bits per heavy atom. The lowest BCUT2D eigenvalue weighted by Crippen LogP contribution is -2.18. The van der Waals surface area contributed by atoms with Crippen molar-refractivity contribution in [1.29, 1.82) is 0 Å². The van der Waals surface area contributed by atoms with Gasteiger partial charge in [-0.2, -0.15) is 11.8 Å². The van der Waals surface area contributed by atoms with Gasteiger partial charge in [0.25, 0.3) is 0 Å². The fourth-order valence-electron chi connectivity index (χ4n) is 1.46. The standard InChI is InChI=1S/C9H12O2S/c1-12-9-3-2-7-5-10-11-6-8(7)4-9/h2-3,9H,4-6H2,1H3. The fraction of sp³-hybridized carbons (Fsp3) is 0.556. The SMILES string of the molecule is CSC1C=CC2=C(COOC2)C1. The van der Waals surface area contributed by atoms with E-state index >= 15 is 0 Å². The second kappa shape index (κ2) is 3.64. The van der Waals surface area contributed by atoms with Crippen molar-refractivity contribution in [2.45, 2.75) is 11.7 Å². The average Bonchev–Trinajstić information content (AvgIpc) is 2.17. The Kier molecular flexibility index (Phi) is 2.54. The molecule has 0 saturated heterocycles. The van der Waals surface area contributed by atoms with Crippen molar-refractivity contribution in [1.82, 2.24) is 0 Å². The summed E-state index contributed by atoms with van der Waals surface area (Å²) in [5, 5.41) is 0.630. The Labute approximate surface area is 76.5 Å². The molecule has 2 aliphatic rings. The second-order valence-corrected chi connectivity index (χ2v) is 4.07. The van der Waals surface area contributed by atoms with Crippen LogP contribution < -0.4 is 0 Å². The molecule has 0 spiro atoms. The summed E-state index contributed by atoms with van der Waals surface area (Å²) in [7, 11) is 0. The van der Waals surface area contributed by atoms with Gasteiger partial charge in [-0.05, 0) is 23.8 Å². The van der Waals surface area contributed by atoms with Crippen LogP contribution in [-0.4, -0.2) is 24.7 Å². The molecule has 2 nitrogen and oxygen atoms in total. The van der Waals surface area contributed by atoms with Gasteiger partial charge in [-0.3, -0.25) is 0 Å². The second-order valence-electron chi connectivity index (χ2n) is 2.99. The highest BCUT2D eigenvalue weighted by Crippen LogP contribution is 2.28. The van der Waals surface area contributed by atoms with Crippen LogP contribution in [-0.2, 0) is 9.78 Å². The van der Waals surface area contributed by atoms with Crippen LogP contribution in [0.5, 0.6) is 0 Å². The number of rotatable bonds is 1. The molecule has 1 aliphatic heterocycles. The lowest BCUT2D eigenvalue weighted by atomic mass is 9.98. The Bertz CT molecular complexity index is 233. The molecule has 1 aliphatic carbocycles. The maximum atomic E-state index is 4.93. The first kappa shape index (κ1) is 8.35. The van der Waals surface area contributed by atoms with Crippen LogP contribution in [0.1, 0.15) is 6.42 Å². The molecule has 0 amide bonds. The molecule has 12 heavy (non-hydrogen) atoms. The zero-order valence-corrected chi connectivity index (χ0v) is 7.89. The van der Waals surface area contributed by atoms with E-state index in [1.807, 2.05) is 11.8 Å². The van der Waals surface area contributed by atoms with Gasteiger partial charge in [0.05, 0.1) is 0 Å². The van der Waals surface area contributed by atoms with Gasteiger partial charge in [0.2, 0.25) is 0 Å². The summed E-state index contributed by atoms with van der Waals surface area (Å²) in [6.07, 6.45) is 7.68. The summed E-state index contributed by atoms with van der Waals surface area (Å²) in [5.74, 6) is 0. The van der Waals surface area contributed by atoms with E-state index in [1.165, 1.54) is 11.1 Å². The number of hydrogen-bond donors (Lipinski definition) is 0. The molecular weight excluding hydrogens is 172 g/mol.